The average molecular weight is 339 g/mol. The third-order valence-electron chi connectivity index (χ3n) is 5.47. The van der Waals surface area contributed by atoms with E-state index in [9.17, 15) is 4.79 Å². The predicted octanol–water partition coefficient (Wildman–Crippen LogP) is 2.61. The number of morpholine rings is 1. The Hall–Kier alpha value is -2.14. The highest BCUT2D eigenvalue weighted by Crippen LogP contribution is 2.30. The van der Waals surface area contributed by atoms with Gasteiger partial charge in [0.05, 0.1) is 25.3 Å². The molecule has 1 aromatic heterocycles. The predicted molar refractivity (Wildman–Crippen MR) is 95.3 cm³/mol. The minimum Gasteiger partial charge on any atom is -0.367 e. The smallest absolute Gasteiger partial charge is 0.228 e. The number of rotatable bonds is 3. The number of aromatic amines is 1. The lowest BCUT2D eigenvalue weighted by Crippen LogP contribution is -2.51. The first-order valence-corrected chi connectivity index (χ1v) is 9.18. The molecule has 132 valence electrons. The number of nitrogens with zero attached hydrogens (tertiary/aromatic N) is 2. The molecule has 1 atom stereocenters. The van der Waals surface area contributed by atoms with Gasteiger partial charge in [-0.15, -0.1) is 0 Å². The maximum atomic E-state index is 12.9. The molecule has 2 aromatic rings. The second-order valence-electron chi connectivity index (χ2n) is 7.27. The molecule has 1 fully saturated rings. The highest BCUT2D eigenvalue weighted by atomic mass is 16.5. The first-order chi connectivity index (χ1) is 12.2. The molecule has 1 unspecified atom stereocenters. The van der Waals surface area contributed by atoms with E-state index in [4.69, 9.17) is 4.74 Å². The van der Waals surface area contributed by atoms with Gasteiger partial charge in [-0.2, -0.15) is 5.10 Å². The molecular weight excluding hydrogens is 314 g/mol. The number of hydrogen-bond donors (Lipinski definition) is 1. The molecule has 1 N–H and O–H groups in total. The van der Waals surface area contributed by atoms with Crippen LogP contribution in [0.2, 0.25) is 0 Å². The highest BCUT2D eigenvalue weighted by Gasteiger charge is 2.36. The number of aromatic nitrogens is 2. The average Bonchev–Trinajstić information content (AvgIpc) is 3.06. The van der Waals surface area contributed by atoms with E-state index in [0.717, 1.165) is 24.1 Å². The van der Waals surface area contributed by atoms with Crippen LogP contribution in [0.3, 0.4) is 0 Å². The summed E-state index contributed by atoms with van der Waals surface area (Å²) in [5.41, 5.74) is 4.11. The quantitative estimate of drug-likeness (QED) is 0.935. The van der Waals surface area contributed by atoms with Gasteiger partial charge in [0.1, 0.15) is 5.60 Å². The molecule has 4 rings (SSSR count). The Bertz CT molecular complexity index is 756. The van der Waals surface area contributed by atoms with E-state index < -0.39 is 5.60 Å². The lowest BCUT2D eigenvalue weighted by atomic mass is 9.93. The molecule has 0 bridgehead atoms. The largest absolute Gasteiger partial charge is 0.367 e. The molecule has 1 aromatic carbocycles. The van der Waals surface area contributed by atoms with Gasteiger partial charge < -0.3 is 9.64 Å². The Labute approximate surface area is 148 Å². The van der Waals surface area contributed by atoms with Crippen LogP contribution in [-0.2, 0) is 34.4 Å². The maximum Gasteiger partial charge on any atom is 0.228 e. The van der Waals surface area contributed by atoms with Crippen molar-refractivity contribution in [3.05, 3.63) is 52.8 Å². The number of aryl methyl sites for hydroxylation is 1. The molecule has 1 saturated heterocycles. The molecule has 2 heterocycles. The number of nitrogens with one attached hydrogen (secondary N) is 1. The van der Waals surface area contributed by atoms with E-state index in [1.165, 1.54) is 24.1 Å². The minimum absolute atomic E-state index is 0.144. The van der Waals surface area contributed by atoms with E-state index in [1.54, 1.807) is 0 Å². The third-order valence-corrected chi connectivity index (χ3v) is 5.47. The van der Waals surface area contributed by atoms with Crippen LogP contribution in [0.4, 0.5) is 0 Å². The van der Waals surface area contributed by atoms with Crippen LogP contribution >= 0.6 is 0 Å². The first-order valence-electron chi connectivity index (χ1n) is 9.18. The summed E-state index contributed by atoms with van der Waals surface area (Å²) >= 11 is 0. The van der Waals surface area contributed by atoms with Crippen molar-refractivity contribution < 1.29 is 9.53 Å². The number of hydrogen-bond acceptors (Lipinski definition) is 3. The highest BCUT2D eigenvalue weighted by molar-refractivity contribution is 5.79. The number of carbonyl (C=O) groups is 1. The summed E-state index contributed by atoms with van der Waals surface area (Å²) in [5.74, 6) is 0.144. The van der Waals surface area contributed by atoms with E-state index in [1.807, 2.05) is 23.1 Å². The zero-order chi connectivity index (χ0) is 17.3. The monoisotopic (exact) mass is 339 g/mol. The van der Waals surface area contributed by atoms with E-state index in [-0.39, 0.29) is 5.91 Å². The number of ether oxygens (including phenoxy) is 1. The molecule has 0 radical (unpaired) electrons. The molecule has 5 heteroatoms. The summed E-state index contributed by atoms with van der Waals surface area (Å²) in [4.78, 5) is 14.8. The summed E-state index contributed by atoms with van der Waals surface area (Å²) in [6.45, 7) is 3.87. The molecule has 1 amide bonds. The summed E-state index contributed by atoms with van der Waals surface area (Å²) in [5, 5.41) is 7.55. The second-order valence-corrected chi connectivity index (χ2v) is 7.27. The topological polar surface area (TPSA) is 58.2 Å². The van der Waals surface area contributed by atoms with E-state index in [0.29, 0.717) is 26.1 Å². The van der Waals surface area contributed by atoms with Crippen molar-refractivity contribution in [3.8, 4) is 0 Å². The summed E-state index contributed by atoms with van der Waals surface area (Å²) in [7, 11) is 0. The Morgan fingerprint density at radius 3 is 2.92 bits per heavy atom. The van der Waals surface area contributed by atoms with Crippen molar-refractivity contribution in [2.75, 3.05) is 19.7 Å². The van der Waals surface area contributed by atoms with E-state index >= 15 is 0 Å². The van der Waals surface area contributed by atoms with Gasteiger partial charge in [-0.25, -0.2) is 0 Å². The lowest BCUT2D eigenvalue weighted by molar-refractivity contribution is -0.149. The van der Waals surface area contributed by atoms with Crippen LogP contribution in [0.25, 0.3) is 0 Å². The Kier molecular flexibility index (Phi) is 4.34. The number of fused-ring (bicyclic) bond motifs is 1. The van der Waals surface area contributed by atoms with Crippen molar-refractivity contribution in [1.29, 1.82) is 0 Å². The van der Waals surface area contributed by atoms with Gasteiger partial charge in [0.2, 0.25) is 5.91 Å². The molecule has 1 aliphatic heterocycles. The van der Waals surface area contributed by atoms with Gasteiger partial charge in [0.15, 0.2) is 0 Å². The summed E-state index contributed by atoms with van der Waals surface area (Å²) < 4.78 is 6.04. The Balaban J connectivity index is 1.48. The fourth-order valence-corrected chi connectivity index (χ4v) is 4.00. The van der Waals surface area contributed by atoms with Crippen molar-refractivity contribution in [2.45, 2.75) is 44.6 Å². The number of carbonyl (C=O) groups excluding carboxylic acids is 1. The molecule has 0 spiro atoms. The molecule has 0 saturated carbocycles. The molecule has 25 heavy (non-hydrogen) atoms. The second kappa shape index (κ2) is 6.64. The number of H-pyrrole nitrogens is 1. The van der Waals surface area contributed by atoms with Crippen LogP contribution < -0.4 is 0 Å². The normalized spacial score (nSPS) is 23.3. The van der Waals surface area contributed by atoms with Gasteiger partial charge in [-0.05, 0) is 43.7 Å². The maximum absolute atomic E-state index is 12.9. The zero-order valence-corrected chi connectivity index (χ0v) is 14.8. The van der Waals surface area contributed by atoms with Crippen LogP contribution in [0.5, 0.6) is 0 Å². The van der Waals surface area contributed by atoms with Gasteiger partial charge in [-0.1, -0.05) is 30.3 Å². The van der Waals surface area contributed by atoms with Crippen molar-refractivity contribution in [3.63, 3.8) is 0 Å². The van der Waals surface area contributed by atoms with E-state index in [2.05, 4.69) is 29.3 Å². The van der Waals surface area contributed by atoms with Crippen LogP contribution in [-0.4, -0.2) is 40.7 Å². The van der Waals surface area contributed by atoms with Gasteiger partial charge in [0, 0.05) is 12.2 Å². The Morgan fingerprint density at radius 1 is 1.28 bits per heavy atom. The fourth-order valence-electron chi connectivity index (χ4n) is 4.00. The number of amides is 1. The van der Waals surface area contributed by atoms with Gasteiger partial charge in [-0.3, -0.25) is 9.89 Å². The standard InChI is InChI=1S/C20H25N3O2/c1-20(15-7-3-2-4-8-15)14-23(11-12-25-20)19(24)13-18-16-9-5-6-10-17(16)21-22-18/h2-4,7-8H,5-6,9-14H2,1H3,(H,21,22). The van der Waals surface area contributed by atoms with Gasteiger partial charge in [0.25, 0.3) is 0 Å². The lowest BCUT2D eigenvalue weighted by Gasteiger charge is -2.41. The van der Waals surface area contributed by atoms with Crippen LogP contribution in [0, 0.1) is 0 Å². The molecule has 2 aliphatic rings. The first kappa shape index (κ1) is 16.3. The fraction of sp³-hybridized carbons (Fsp3) is 0.500. The van der Waals surface area contributed by atoms with Crippen molar-refractivity contribution in [1.82, 2.24) is 15.1 Å². The van der Waals surface area contributed by atoms with Crippen molar-refractivity contribution >= 4 is 5.91 Å². The van der Waals surface area contributed by atoms with Crippen LogP contribution in [0.15, 0.2) is 30.3 Å². The van der Waals surface area contributed by atoms with Gasteiger partial charge >= 0.3 is 0 Å². The van der Waals surface area contributed by atoms with Crippen molar-refractivity contribution in [2.24, 2.45) is 0 Å². The van der Waals surface area contributed by atoms with Crippen LogP contribution in [0.1, 0.15) is 42.3 Å². The molecular formula is C20H25N3O2. The minimum atomic E-state index is -0.444. The SMILES string of the molecule is CC1(c2ccccc2)CN(C(=O)Cc2n[nH]c3c2CCCC3)CCO1. The summed E-state index contributed by atoms with van der Waals surface area (Å²) in [6.07, 6.45) is 4.88. The Morgan fingerprint density at radius 2 is 2.08 bits per heavy atom. The molecule has 1 aliphatic carbocycles. The zero-order valence-electron chi connectivity index (χ0n) is 14.8. The third kappa shape index (κ3) is 3.21. The summed E-state index contributed by atoms with van der Waals surface area (Å²) in [6, 6.07) is 10.2. The number of benzene rings is 1. The molecule has 5 nitrogen and oxygen atoms in total.